The summed E-state index contributed by atoms with van der Waals surface area (Å²) < 4.78 is 0. The number of nitrogens with one attached hydrogen (secondary N) is 3. The normalized spacial score (nSPS) is 9.21. The molecule has 14 heavy (non-hydrogen) atoms. The number of carbonyl (C=O) groups is 1. The van der Waals surface area contributed by atoms with Crippen LogP contribution in [0, 0.1) is 0 Å². The van der Waals surface area contributed by atoms with Crippen LogP contribution in [0.3, 0.4) is 0 Å². The molecule has 5 N–H and O–H groups in total. The summed E-state index contributed by atoms with van der Waals surface area (Å²) >= 11 is 4.86. The second-order valence-corrected chi connectivity index (χ2v) is 3.34. The predicted octanol–water partition coefficient (Wildman–Crippen LogP) is 0.614. The Labute approximate surface area is 89.8 Å². The molecular weight excluding hydrogens is 200 g/mol. The lowest BCUT2D eigenvalue weighted by Gasteiger charge is -2.09. The van der Waals surface area contributed by atoms with Gasteiger partial charge in [-0.25, -0.2) is 10.2 Å². The second kappa shape index (κ2) is 8.55. The Hall–Kier alpha value is -1.04. The van der Waals surface area contributed by atoms with Crippen molar-refractivity contribution >= 4 is 23.4 Å². The third-order valence-corrected chi connectivity index (χ3v) is 1.86. The van der Waals surface area contributed by atoms with Crippen LogP contribution in [0.25, 0.3) is 0 Å². The monoisotopic (exact) mass is 218 g/mol. The van der Waals surface area contributed by atoms with Crippen LogP contribution in [0.15, 0.2) is 0 Å². The van der Waals surface area contributed by atoms with Crippen molar-refractivity contribution in [2.75, 3.05) is 6.54 Å². The molecule has 0 fully saturated rings. The lowest BCUT2D eigenvalue weighted by Crippen LogP contribution is -2.48. The molecule has 2 amide bonds. The Morgan fingerprint density at radius 1 is 1.29 bits per heavy atom. The number of rotatable bonds is 5. The zero-order valence-corrected chi connectivity index (χ0v) is 9.25. The highest BCUT2D eigenvalue weighted by atomic mass is 32.1. The van der Waals surface area contributed by atoms with Crippen LogP contribution in [0.2, 0.25) is 0 Å². The Bertz CT molecular complexity index is 186. The van der Waals surface area contributed by atoms with E-state index >= 15 is 0 Å². The number of unbranched alkanes of at least 4 members (excludes halogenated alkanes) is 3. The highest BCUT2D eigenvalue weighted by Gasteiger charge is 1.94. The molecule has 82 valence electrons. The summed E-state index contributed by atoms with van der Waals surface area (Å²) in [7, 11) is 0. The highest BCUT2D eigenvalue weighted by molar-refractivity contribution is 7.80. The van der Waals surface area contributed by atoms with E-state index < -0.39 is 6.03 Å². The fourth-order valence-electron chi connectivity index (χ4n) is 0.916. The number of thiocarbonyl (C=S) groups is 1. The zero-order chi connectivity index (χ0) is 10.8. The van der Waals surface area contributed by atoms with E-state index in [-0.39, 0.29) is 0 Å². The van der Waals surface area contributed by atoms with Crippen LogP contribution in [0.5, 0.6) is 0 Å². The van der Waals surface area contributed by atoms with Crippen LogP contribution >= 0.6 is 12.2 Å². The highest BCUT2D eigenvalue weighted by Crippen LogP contribution is 1.96. The number of hydrazine groups is 1. The van der Waals surface area contributed by atoms with Gasteiger partial charge < -0.3 is 11.1 Å². The molecule has 0 heterocycles. The first-order valence-electron chi connectivity index (χ1n) is 4.76. The van der Waals surface area contributed by atoms with E-state index in [0.717, 1.165) is 13.0 Å². The van der Waals surface area contributed by atoms with Gasteiger partial charge in [0.25, 0.3) is 0 Å². The molecule has 0 saturated carbocycles. The van der Waals surface area contributed by atoms with Crippen LogP contribution in [0.4, 0.5) is 4.79 Å². The van der Waals surface area contributed by atoms with Crippen LogP contribution in [-0.4, -0.2) is 17.7 Å². The smallest absolute Gasteiger partial charge is 0.330 e. The summed E-state index contributed by atoms with van der Waals surface area (Å²) in [6.45, 7) is 2.97. The average Bonchev–Trinajstić information content (AvgIpc) is 2.14. The van der Waals surface area contributed by atoms with Crippen molar-refractivity contribution in [1.29, 1.82) is 0 Å². The van der Waals surface area contributed by atoms with Crippen LogP contribution < -0.4 is 21.9 Å². The largest absolute Gasteiger partial charge is 0.361 e. The number of amides is 2. The minimum absolute atomic E-state index is 0.389. The molecule has 0 aliphatic rings. The van der Waals surface area contributed by atoms with E-state index in [0.29, 0.717) is 5.11 Å². The SMILES string of the molecule is CCCCCCNC(=S)NNC(N)=O. The van der Waals surface area contributed by atoms with E-state index in [1.54, 1.807) is 0 Å². The molecule has 0 radical (unpaired) electrons. The summed E-state index contributed by atoms with van der Waals surface area (Å²) in [5, 5.41) is 3.34. The summed E-state index contributed by atoms with van der Waals surface area (Å²) in [5.74, 6) is 0. The molecule has 0 aliphatic carbocycles. The minimum atomic E-state index is -0.653. The third kappa shape index (κ3) is 9.05. The molecule has 6 heteroatoms. The lowest BCUT2D eigenvalue weighted by atomic mass is 10.2. The van der Waals surface area contributed by atoms with E-state index in [2.05, 4.69) is 23.1 Å². The van der Waals surface area contributed by atoms with Gasteiger partial charge in [0.05, 0.1) is 0 Å². The van der Waals surface area contributed by atoms with Gasteiger partial charge in [-0.05, 0) is 18.6 Å². The number of primary amides is 1. The quantitative estimate of drug-likeness (QED) is 0.310. The number of urea groups is 1. The lowest BCUT2D eigenvalue weighted by molar-refractivity contribution is 0.247. The summed E-state index contributed by atoms with van der Waals surface area (Å²) in [4.78, 5) is 10.3. The molecule has 0 unspecified atom stereocenters. The maximum Gasteiger partial charge on any atom is 0.330 e. The maximum atomic E-state index is 10.3. The first kappa shape index (κ1) is 13.0. The molecule has 0 atom stereocenters. The van der Waals surface area contributed by atoms with Gasteiger partial charge in [-0.1, -0.05) is 26.2 Å². The van der Waals surface area contributed by atoms with Gasteiger partial charge in [-0.15, -0.1) is 0 Å². The summed E-state index contributed by atoms with van der Waals surface area (Å²) in [6.07, 6.45) is 4.72. The number of carbonyl (C=O) groups excluding carboxylic acids is 1. The Morgan fingerprint density at radius 3 is 2.57 bits per heavy atom. The minimum Gasteiger partial charge on any atom is -0.361 e. The van der Waals surface area contributed by atoms with Crippen molar-refractivity contribution in [3.63, 3.8) is 0 Å². The van der Waals surface area contributed by atoms with E-state index in [1.807, 2.05) is 0 Å². The van der Waals surface area contributed by atoms with Crippen LogP contribution in [0.1, 0.15) is 32.6 Å². The fraction of sp³-hybridized carbons (Fsp3) is 0.750. The molecule has 0 saturated heterocycles. The van der Waals surface area contributed by atoms with E-state index in [9.17, 15) is 4.79 Å². The van der Waals surface area contributed by atoms with Crippen molar-refractivity contribution < 1.29 is 4.79 Å². The molecule has 0 aromatic carbocycles. The average molecular weight is 218 g/mol. The number of nitrogens with two attached hydrogens (primary N) is 1. The zero-order valence-electron chi connectivity index (χ0n) is 8.43. The van der Waals surface area contributed by atoms with Gasteiger partial charge in [0, 0.05) is 6.54 Å². The molecule has 0 aliphatic heterocycles. The molecule has 0 bridgehead atoms. The Kier molecular flexibility index (Phi) is 7.92. The van der Waals surface area contributed by atoms with Gasteiger partial charge in [-0.2, -0.15) is 0 Å². The van der Waals surface area contributed by atoms with Crippen molar-refractivity contribution in [3.8, 4) is 0 Å². The van der Waals surface area contributed by atoms with Gasteiger partial charge in [-0.3, -0.25) is 5.43 Å². The summed E-state index contributed by atoms with van der Waals surface area (Å²) in [6, 6.07) is -0.653. The standard InChI is InChI=1S/C8H18N4OS/c1-2-3-4-5-6-10-8(14)12-11-7(9)13/h2-6H2,1H3,(H3,9,11,13)(H2,10,12,14). The van der Waals surface area contributed by atoms with Gasteiger partial charge >= 0.3 is 6.03 Å². The van der Waals surface area contributed by atoms with Gasteiger partial charge in [0.2, 0.25) is 0 Å². The topological polar surface area (TPSA) is 79.2 Å². The number of hydrogen-bond donors (Lipinski definition) is 4. The molecule has 0 spiro atoms. The van der Waals surface area contributed by atoms with Crippen molar-refractivity contribution in [1.82, 2.24) is 16.2 Å². The van der Waals surface area contributed by atoms with Crippen molar-refractivity contribution in [3.05, 3.63) is 0 Å². The molecule has 0 aromatic heterocycles. The van der Waals surface area contributed by atoms with E-state index in [1.165, 1.54) is 19.3 Å². The van der Waals surface area contributed by atoms with Gasteiger partial charge in [0.15, 0.2) is 5.11 Å². The maximum absolute atomic E-state index is 10.3. The first-order valence-corrected chi connectivity index (χ1v) is 5.17. The Balaban J connectivity index is 3.22. The molecule has 5 nitrogen and oxygen atoms in total. The second-order valence-electron chi connectivity index (χ2n) is 2.93. The van der Waals surface area contributed by atoms with Crippen molar-refractivity contribution in [2.24, 2.45) is 5.73 Å². The predicted molar refractivity (Wildman–Crippen MR) is 60.6 cm³/mol. The third-order valence-electron chi connectivity index (χ3n) is 1.62. The van der Waals surface area contributed by atoms with Gasteiger partial charge in [0.1, 0.15) is 0 Å². The first-order chi connectivity index (χ1) is 6.66. The molecular formula is C8H18N4OS. The fourth-order valence-corrected chi connectivity index (χ4v) is 1.07. The summed E-state index contributed by atoms with van der Waals surface area (Å²) in [5.41, 5.74) is 9.49. The Morgan fingerprint density at radius 2 is 2.00 bits per heavy atom. The molecule has 0 rings (SSSR count). The number of hydrogen-bond acceptors (Lipinski definition) is 2. The van der Waals surface area contributed by atoms with Crippen molar-refractivity contribution in [2.45, 2.75) is 32.6 Å². The van der Waals surface area contributed by atoms with E-state index in [4.69, 9.17) is 18.0 Å². The van der Waals surface area contributed by atoms with Crippen LogP contribution in [-0.2, 0) is 0 Å². The molecule has 0 aromatic rings.